The summed E-state index contributed by atoms with van der Waals surface area (Å²) < 4.78 is 1.66. The van der Waals surface area contributed by atoms with Crippen LogP contribution in [-0.2, 0) is 9.59 Å². The molecule has 0 aliphatic carbocycles. The molecule has 3 aromatic heterocycles. The first kappa shape index (κ1) is 27.7. The molecule has 5 rings (SSSR count). The summed E-state index contributed by atoms with van der Waals surface area (Å²) in [6, 6.07) is 10.2. The van der Waals surface area contributed by atoms with Gasteiger partial charge in [-0.25, -0.2) is 4.98 Å². The number of nitrogens with one attached hydrogen (secondary N) is 1. The summed E-state index contributed by atoms with van der Waals surface area (Å²) in [5, 5.41) is 18.0. The Morgan fingerprint density at radius 1 is 1.07 bits per heavy atom. The number of hydrogen-bond acceptors (Lipinski definition) is 7. The molecule has 9 nitrogen and oxygen atoms in total. The molecular formula is C30H34N6O3S. The van der Waals surface area contributed by atoms with Gasteiger partial charge in [-0.2, -0.15) is 5.10 Å². The average molecular weight is 559 g/mol. The molecule has 1 aromatic carbocycles. The molecule has 1 saturated heterocycles. The van der Waals surface area contributed by atoms with E-state index in [0.29, 0.717) is 0 Å². The predicted molar refractivity (Wildman–Crippen MR) is 154 cm³/mol. The van der Waals surface area contributed by atoms with Gasteiger partial charge in [0.05, 0.1) is 34.4 Å². The molecule has 0 bridgehead atoms. The van der Waals surface area contributed by atoms with Crippen LogP contribution in [0.25, 0.3) is 21.6 Å². The number of β-amino-alcohol motifs (C(OH)–C–C–N with tert-alkyl or cyclic N) is 1. The first-order valence-electron chi connectivity index (χ1n) is 13.5. The summed E-state index contributed by atoms with van der Waals surface area (Å²) in [5.41, 5.74) is 6.62. The van der Waals surface area contributed by atoms with Crippen molar-refractivity contribution in [3.8, 4) is 21.6 Å². The number of aryl methyl sites for hydroxylation is 1. The molecule has 0 radical (unpaired) electrons. The maximum atomic E-state index is 13.9. The molecule has 208 valence electrons. The first-order chi connectivity index (χ1) is 19.2. The molecule has 1 aliphatic heterocycles. The number of benzene rings is 1. The minimum absolute atomic E-state index is 0.0878. The number of aliphatic hydroxyl groups is 1. The average Bonchev–Trinajstić information content (AvgIpc) is 3.69. The third kappa shape index (κ3) is 5.68. The Hall–Kier alpha value is -3.89. The lowest BCUT2D eigenvalue weighted by molar-refractivity contribution is -0.142. The Balaban J connectivity index is 1.30. The molecular weight excluding hydrogens is 524 g/mol. The molecule has 40 heavy (non-hydrogen) atoms. The summed E-state index contributed by atoms with van der Waals surface area (Å²) in [7, 11) is 0. The van der Waals surface area contributed by atoms with Crippen molar-refractivity contribution in [3.05, 3.63) is 78.0 Å². The fraction of sp³-hybridized carbons (Fsp3) is 0.367. The molecule has 4 atom stereocenters. The Morgan fingerprint density at radius 3 is 2.50 bits per heavy atom. The van der Waals surface area contributed by atoms with E-state index in [1.165, 1.54) is 4.90 Å². The van der Waals surface area contributed by atoms with Crippen molar-refractivity contribution in [1.29, 1.82) is 0 Å². The molecule has 2 amide bonds. The molecule has 1 fully saturated rings. The van der Waals surface area contributed by atoms with Gasteiger partial charge < -0.3 is 15.3 Å². The van der Waals surface area contributed by atoms with Crippen molar-refractivity contribution in [2.75, 3.05) is 6.54 Å². The van der Waals surface area contributed by atoms with Crippen LogP contribution in [0.1, 0.15) is 50.5 Å². The van der Waals surface area contributed by atoms with E-state index < -0.39 is 18.2 Å². The number of carbonyl (C=O) groups is 2. The Bertz CT molecular complexity index is 1470. The maximum absolute atomic E-state index is 13.9. The van der Waals surface area contributed by atoms with Gasteiger partial charge in [0.25, 0.3) is 0 Å². The lowest BCUT2D eigenvalue weighted by Crippen LogP contribution is -2.49. The number of hydrogen-bond donors (Lipinski definition) is 2. The smallest absolute Gasteiger partial charge is 0.248 e. The summed E-state index contributed by atoms with van der Waals surface area (Å²) >= 11 is 1.60. The zero-order valence-corrected chi connectivity index (χ0v) is 23.9. The van der Waals surface area contributed by atoms with Crippen LogP contribution in [0.2, 0.25) is 0 Å². The lowest BCUT2D eigenvalue weighted by Gasteiger charge is -2.30. The van der Waals surface area contributed by atoms with E-state index in [0.717, 1.165) is 32.8 Å². The summed E-state index contributed by atoms with van der Waals surface area (Å²) in [5.74, 6) is -0.599. The number of likely N-dealkylation sites (tertiary alicyclic amines) is 1. The Morgan fingerprint density at radius 2 is 1.85 bits per heavy atom. The molecule has 1 unspecified atom stereocenters. The van der Waals surface area contributed by atoms with Crippen LogP contribution in [0.15, 0.2) is 66.7 Å². The summed E-state index contributed by atoms with van der Waals surface area (Å²) in [6.45, 7) is 7.92. The number of amides is 2. The Kier molecular flexibility index (Phi) is 8.09. The van der Waals surface area contributed by atoms with Crippen molar-refractivity contribution in [2.45, 2.75) is 58.3 Å². The van der Waals surface area contributed by atoms with Crippen LogP contribution in [0, 0.1) is 12.8 Å². The van der Waals surface area contributed by atoms with Crippen molar-refractivity contribution in [1.82, 2.24) is 30.0 Å². The number of pyridine rings is 1. The lowest BCUT2D eigenvalue weighted by atomic mass is 10.0. The summed E-state index contributed by atoms with van der Waals surface area (Å²) in [6.07, 6.45) is 6.43. The van der Waals surface area contributed by atoms with Crippen LogP contribution in [0.5, 0.6) is 0 Å². The van der Waals surface area contributed by atoms with E-state index in [4.69, 9.17) is 0 Å². The monoisotopic (exact) mass is 558 g/mol. The van der Waals surface area contributed by atoms with Gasteiger partial charge in [0, 0.05) is 42.7 Å². The number of aromatic nitrogens is 4. The predicted octanol–water partition coefficient (Wildman–Crippen LogP) is 4.41. The van der Waals surface area contributed by atoms with Gasteiger partial charge in [0.2, 0.25) is 11.8 Å². The highest BCUT2D eigenvalue weighted by molar-refractivity contribution is 7.13. The SMILES string of the molecule is Cc1ncsc1-c1ccc([C@H](C)NC(=O)[C@@H]2C[C@@H](O)CN2C(=O)C(C(C)C)n2cc(-c3cccnc3)cn2)cc1. The quantitative estimate of drug-likeness (QED) is 0.331. The van der Waals surface area contributed by atoms with Gasteiger partial charge in [-0.05, 0) is 37.0 Å². The highest BCUT2D eigenvalue weighted by atomic mass is 32.1. The Labute approximate surface area is 237 Å². The number of nitrogens with zero attached hydrogens (tertiary/aromatic N) is 5. The molecule has 2 N–H and O–H groups in total. The van der Waals surface area contributed by atoms with E-state index in [1.54, 1.807) is 34.6 Å². The van der Waals surface area contributed by atoms with Crippen molar-refractivity contribution in [2.24, 2.45) is 5.92 Å². The van der Waals surface area contributed by atoms with Gasteiger partial charge in [0.1, 0.15) is 12.1 Å². The molecule has 1 aliphatic rings. The molecule has 0 spiro atoms. The number of aliphatic hydroxyl groups excluding tert-OH is 1. The third-order valence-electron chi connectivity index (χ3n) is 7.41. The zero-order chi connectivity index (χ0) is 28.4. The number of rotatable bonds is 8. The minimum Gasteiger partial charge on any atom is -0.391 e. The van der Waals surface area contributed by atoms with Gasteiger partial charge in [-0.3, -0.25) is 19.3 Å². The fourth-order valence-electron chi connectivity index (χ4n) is 5.25. The highest BCUT2D eigenvalue weighted by Crippen LogP contribution is 2.30. The van der Waals surface area contributed by atoms with E-state index >= 15 is 0 Å². The normalized spacial score (nSPS) is 18.6. The molecule has 0 saturated carbocycles. The molecule has 10 heteroatoms. The van der Waals surface area contributed by atoms with Crippen molar-refractivity contribution in [3.63, 3.8) is 0 Å². The van der Waals surface area contributed by atoms with E-state index in [-0.39, 0.29) is 36.7 Å². The second-order valence-corrected chi connectivity index (χ2v) is 11.5. The topological polar surface area (TPSA) is 113 Å². The van der Waals surface area contributed by atoms with Crippen LogP contribution >= 0.6 is 11.3 Å². The largest absolute Gasteiger partial charge is 0.391 e. The number of thiazole rings is 1. The van der Waals surface area contributed by atoms with Gasteiger partial charge in [-0.1, -0.05) is 44.2 Å². The summed E-state index contributed by atoms with van der Waals surface area (Å²) in [4.78, 5) is 38.5. The van der Waals surface area contributed by atoms with E-state index in [1.807, 2.05) is 75.8 Å². The molecule has 4 aromatic rings. The van der Waals surface area contributed by atoms with E-state index in [2.05, 4.69) is 20.4 Å². The third-order valence-corrected chi connectivity index (χ3v) is 8.39. The second-order valence-electron chi connectivity index (χ2n) is 10.7. The molecule has 4 heterocycles. The minimum atomic E-state index is -0.770. The number of carbonyl (C=O) groups excluding carboxylic acids is 2. The second kappa shape index (κ2) is 11.7. The van der Waals surface area contributed by atoms with Crippen LogP contribution in [0.3, 0.4) is 0 Å². The fourth-order valence-corrected chi connectivity index (χ4v) is 6.06. The highest BCUT2D eigenvalue weighted by Gasteiger charge is 2.42. The van der Waals surface area contributed by atoms with Crippen LogP contribution in [-0.4, -0.2) is 60.3 Å². The van der Waals surface area contributed by atoms with E-state index in [9.17, 15) is 14.7 Å². The van der Waals surface area contributed by atoms with Gasteiger partial charge >= 0.3 is 0 Å². The van der Waals surface area contributed by atoms with Crippen LogP contribution < -0.4 is 5.32 Å². The van der Waals surface area contributed by atoms with Crippen molar-refractivity contribution < 1.29 is 14.7 Å². The van der Waals surface area contributed by atoms with Gasteiger partial charge in [-0.15, -0.1) is 11.3 Å². The van der Waals surface area contributed by atoms with Gasteiger partial charge in [0.15, 0.2) is 0 Å². The maximum Gasteiger partial charge on any atom is 0.248 e. The van der Waals surface area contributed by atoms with Crippen molar-refractivity contribution >= 4 is 23.2 Å². The zero-order valence-electron chi connectivity index (χ0n) is 23.1. The van der Waals surface area contributed by atoms with Crippen LogP contribution in [0.4, 0.5) is 0 Å². The first-order valence-corrected chi connectivity index (χ1v) is 14.3. The standard InChI is InChI=1S/C30H34N6O3S/c1-18(2)27(36-15-24(14-33-36)23-6-5-11-31-13-23)30(39)35-16-25(37)12-26(35)29(38)34-19(3)21-7-9-22(10-8-21)28-20(4)32-17-40-28/h5-11,13-15,17-19,25-27,37H,12,16H2,1-4H3,(H,34,38)/t19-,25+,26-,27?/m0/s1.